The summed E-state index contributed by atoms with van der Waals surface area (Å²) in [6.07, 6.45) is 2.58. The molecule has 1 saturated carbocycles. The quantitative estimate of drug-likeness (QED) is 0.759. The van der Waals surface area contributed by atoms with Crippen LogP contribution in [0.2, 0.25) is 0 Å². The lowest BCUT2D eigenvalue weighted by Gasteiger charge is -2.26. The number of anilines is 1. The summed E-state index contributed by atoms with van der Waals surface area (Å²) in [4.78, 5) is 22.9. The molecule has 1 aromatic rings. The Morgan fingerprint density at radius 2 is 1.91 bits per heavy atom. The van der Waals surface area contributed by atoms with E-state index in [1.54, 1.807) is 25.3 Å². The Kier molecular flexibility index (Phi) is 5.65. The van der Waals surface area contributed by atoms with Gasteiger partial charge in [0, 0.05) is 22.3 Å². The van der Waals surface area contributed by atoms with Crippen LogP contribution < -0.4 is 15.4 Å². The van der Waals surface area contributed by atoms with Crippen molar-refractivity contribution in [2.45, 2.75) is 31.7 Å². The van der Waals surface area contributed by atoms with Crippen LogP contribution in [0.5, 0.6) is 5.75 Å². The Labute approximate surface area is 137 Å². The molecule has 0 spiro atoms. The summed E-state index contributed by atoms with van der Waals surface area (Å²) in [6.45, 7) is 0. The van der Waals surface area contributed by atoms with Gasteiger partial charge >= 0.3 is 12.0 Å². The normalized spacial score (nSPS) is 21.0. The molecule has 1 aromatic carbocycles. The third kappa shape index (κ3) is 4.62. The summed E-state index contributed by atoms with van der Waals surface area (Å²) in [5, 5.41) is 14.6. The number of rotatable bonds is 4. The molecule has 0 atom stereocenters. The van der Waals surface area contributed by atoms with E-state index in [1.807, 2.05) is 0 Å². The summed E-state index contributed by atoms with van der Waals surface area (Å²) in [7, 11) is 1.56. The SMILES string of the molecule is COc1cc(Br)cc(NC(=O)NC2CCC(C(=O)O)CC2)c1. The molecule has 3 N–H and O–H groups in total. The average molecular weight is 371 g/mol. The van der Waals surface area contributed by atoms with Gasteiger partial charge in [0.2, 0.25) is 0 Å². The van der Waals surface area contributed by atoms with Crippen molar-refractivity contribution in [3.63, 3.8) is 0 Å². The van der Waals surface area contributed by atoms with Crippen LogP contribution in [0.1, 0.15) is 25.7 Å². The summed E-state index contributed by atoms with van der Waals surface area (Å²) in [5.41, 5.74) is 0.628. The molecule has 1 fully saturated rings. The predicted molar refractivity (Wildman–Crippen MR) is 86.2 cm³/mol. The van der Waals surface area contributed by atoms with Crippen molar-refractivity contribution in [2.24, 2.45) is 5.92 Å². The molecule has 0 saturated heterocycles. The van der Waals surface area contributed by atoms with Crippen LogP contribution in [0.25, 0.3) is 0 Å². The van der Waals surface area contributed by atoms with Gasteiger partial charge in [0.1, 0.15) is 5.75 Å². The van der Waals surface area contributed by atoms with E-state index in [4.69, 9.17) is 9.84 Å². The molecule has 22 heavy (non-hydrogen) atoms. The standard InChI is InChI=1S/C15H19BrN2O4/c1-22-13-7-10(16)6-12(8-13)18-15(21)17-11-4-2-9(3-5-11)14(19)20/h6-9,11H,2-5H2,1H3,(H,19,20)(H2,17,18,21). The second-order valence-corrected chi connectivity index (χ2v) is 6.28. The molecular formula is C15H19BrN2O4. The zero-order valence-electron chi connectivity index (χ0n) is 12.3. The first-order valence-corrected chi connectivity index (χ1v) is 7.92. The molecule has 2 rings (SSSR count). The zero-order valence-corrected chi connectivity index (χ0v) is 13.9. The number of halogens is 1. The second kappa shape index (κ2) is 7.49. The van der Waals surface area contributed by atoms with Gasteiger partial charge in [-0.05, 0) is 37.8 Å². The second-order valence-electron chi connectivity index (χ2n) is 5.36. The lowest BCUT2D eigenvalue weighted by Crippen LogP contribution is -2.40. The maximum atomic E-state index is 12.0. The van der Waals surface area contributed by atoms with Gasteiger partial charge in [-0.25, -0.2) is 4.79 Å². The van der Waals surface area contributed by atoms with Crippen LogP contribution in [-0.4, -0.2) is 30.3 Å². The van der Waals surface area contributed by atoms with Crippen molar-refractivity contribution < 1.29 is 19.4 Å². The fraction of sp³-hybridized carbons (Fsp3) is 0.467. The van der Waals surface area contributed by atoms with Crippen molar-refractivity contribution >= 4 is 33.6 Å². The van der Waals surface area contributed by atoms with Crippen LogP contribution in [-0.2, 0) is 4.79 Å². The highest BCUT2D eigenvalue weighted by Gasteiger charge is 2.26. The number of nitrogens with one attached hydrogen (secondary N) is 2. The van der Waals surface area contributed by atoms with E-state index in [0.717, 1.165) is 4.47 Å². The molecule has 0 aliphatic heterocycles. The summed E-state index contributed by atoms with van der Waals surface area (Å²) >= 11 is 3.36. The lowest BCUT2D eigenvalue weighted by molar-refractivity contribution is -0.142. The number of carboxylic acid groups (broad SMARTS) is 1. The lowest BCUT2D eigenvalue weighted by atomic mass is 9.86. The van der Waals surface area contributed by atoms with Gasteiger partial charge in [-0.1, -0.05) is 15.9 Å². The van der Waals surface area contributed by atoms with Crippen LogP contribution >= 0.6 is 15.9 Å². The van der Waals surface area contributed by atoms with Crippen molar-refractivity contribution in [3.8, 4) is 5.75 Å². The molecule has 7 heteroatoms. The van der Waals surface area contributed by atoms with Gasteiger partial charge in [-0.2, -0.15) is 0 Å². The molecule has 2 amide bonds. The van der Waals surface area contributed by atoms with Crippen molar-refractivity contribution in [1.29, 1.82) is 0 Å². The molecule has 120 valence electrons. The topological polar surface area (TPSA) is 87.7 Å². The predicted octanol–water partition coefficient (Wildman–Crippen LogP) is 3.22. The largest absolute Gasteiger partial charge is 0.497 e. The number of carbonyl (C=O) groups excluding carboxylic acids is 1. The summed E-state index contributed by atoms with van der Waals surface area (Å²) in [5.74, 6) is -0.383. The van der Waals surface area contributed by atoms with E-state index in [9.17, 15) is 9.59 Å². The average Bonchev–Trinajstić information content (AvgIpc) is 2.46. The molecule has 0 unspecified atom stereocenters. The Bertz CT molecular complexity index is 556. The number of carboxylic acids is 1. The van der Waals surface area contributed by atoms with Crippen LogP contribution in [0.15, 0.2) is 22.7 Å². The Hall–Kier alpha value is -1.76. The molecular weight excluding hydrogens is 352 g/mol. The Morgan fingerprint density at radius 3 is 2.50 bits per heavy atom. The van der Waals surface area contributed by atoms with Gasteiger partial charge in [0.25, 0.3) is 0 Å². The van der Waals surface area contributed by atoms with Crippen LogP contribution in [0, 0.1) is 5.92 Å². The van der Waals surface area contributed by atoms with E-state index in [1.165, 1.54) is 0 Å². The first-order valence-electron chi connectivity index (χ1n) is 7.13. The van der Waals surface area contributed by atoms with Gasteiger partial charge in [-0.15, -0.1) is 0 Å². The molecule has 1 aliphatic carbocycles. The molecule has 0 aromatic heterocycles. The van der Waals surface area contributed by atoms with Gasteiger partial charge in [0.05, 0.1) is 13.0 Å². The number of carbonyl (C=O) groups is 2. The molecule has 0 heterocycles. The molecule has 0 bridgehead atoms. The van der Waals surface area contributed by atoms with Crippen LogP contribution in [0.3, 0.4) is 0 Å². The van der Waals surface area contributed by atoms with E-state index < -0.39 is 5.97 Å². The number of hydrogen-bond donors (Lipinski definition) is 3. The smallest absolute Gasteiger partial charge is 0.319 e. The Balaban J connectivity index is 1.86. The minimum Gasteiger partial charge on any atom is -0.497 e. The number of benzene rings is 1. The number of aliphatic carboxylic acids is 1. The fourth-order valence-electron chi connectivity index (χ4n) is 2.59. The van der Waals surface area contributed by atoms with Crippen LogP contribution in [0.4, 0.5) is 10.5 Å². The van der Waals surface area contributed by atoms with Crippen molar-refractivity contribution in [1.82, 2.24) is 5.32 Å². The molecule has 6 nitrogen and oxygen atoms in total. The van der Waals surface area contributed by atoms with Gasteiger partial charge < -0.3 is 20.5 Å². The number of amides is 2. The van der Waals surface area contributed by atoms with Gasteiger partial charge in [0.15, 0.2) is 0 Å². The van der Waals surface area contributed by atoms with E-state index in [2.05, 4.69) is 26.6 Å². The summed E-state index contributed by atoms with van der Waals surface area (Å²) < 4.78 is 5.95. The highest BCUT2D eigenvalue weighted by Crippen LogP contribution is 2.26. The Morgan fingerprint density at radius 1 is 1.23 bits per heavy atom. The zero-order chi connectivity index (χ0) is 16.1. The van der Waals surface area contributed by atoms with E-state index in [0.29, 0.717) is 37.1 Å². The molecule has 0 radical (unpaired) electrons. The highest BCUT2D eigenvalue weighted by atomic mass is 79.9. The molecule has 1 aliphatic rings. The third-order valence-corrected chi connectivity index (χ3v) is 4.23. The van der Waals surface area contributed by atoms with E-state index in [-0.39, 0.29) is 18.0 Å². The monoisotopic (exact) mass is 370 g/mol. The fourth-order valence-corrected chi connectivity index (χ4v) is 3.06. The van der Waals surface area contributed by atoms with E-state index >= 15 is 0 Å². The van der Waals surface area contributed by atoms with Crippen molar-refractivity contribution in [2.75, 3.05) is 12.4 Å². The number of ether oxygens (including phenoxy) is 1. The third-order valence-electron chi connectivity index (χ3n) is 3.78. The number of methoxy groups -OCH3 is 1. The number of hydrogen-bond acceptors (Lipinski definition) is 3. The minimum atomic E-state index is -0.746. The van der Waals surface area contributed by atoms with Crippen molar-refractivity contribution in [3.05, 3.63) is 22.7 Å². The highest BCUT2D eigenvalue weighted by molar-refractivity contribution is 9.10. The maximum absolute atomic E-state index is 12.0. The van der Waals surface area contributed by atoms with Gasteiger partial charge in [-0.3, -0.25) is 4.79 Å². The minimum absolute atomic E-state index is 0.0182. The first-order chi connectivity index (χ1) is 10.5. The first kappa shape index (κ1) is 16.6. The number of urea groups is 1. The summed E-state index contributed by atoms with van der Waals surface area (Å²) in [6, 6.07) is 5.04. The maximum Gasteiger partial charge on any atom is 0.319 e.